The predicted molar refractivity (Wildman–Crippen MR) is 133 cm³/mol. The maximum Gasteiger partial charge on any atom is 0.309 e. The zero-order valence-corrected chi connectivity index (χ0v) is 20.6. The molecule has 12 heteroatoms. The molecule has 0 atom stereocenters. The third kappa shape index (κ3) is 5.10. The number of sulfonamides is 1. The molecule has 0 aliphatic heterocycles. The van der Waals surface area contributed by atoms with Gasteiger partial charge >= 0.3 is 6.01 Å². The number of nitrogens with one attached hydrogen (secondary N) is 2. The number of rotatable bonds is 7. The number of oxazole rings is 1. The zero-order chi connectivity index (χ0) is 25.3. The van der Waals surface area contributed by atoms with Crippen LogP contribution >= 0.6 is 11.6 Å². The van der Waals surface area contributed by atoms with Gasteiger partial charge in [0.15, 0.2) is 5.69 Å². The minimum absolute atomic E-state index is 0.00981. The van der Waals surface area contributed by atoms with E-state index in [1.54, 1.807) is 45.0 Å². The van der Waals surface area contributed by atoms with Crippen LogP contribution in [0.25, 0.3) is 5.70 Å². The number of halogens is 1. The van der Waals surface area contributed by atoms with Crippen molar-refractivity contribution in [2.45, 2.75) is 25.7 Å². The lowest BCUT2D eigenvalue weighted by Gasteiger charge is -2.06. The van der Waals surface area contributed by atoms with E-state index in [0.717, 1.165) is 0 Å². The van der Waals surface area contributed by atoms with E-state index in [4.69, 9.17) is 16.0 Å². The summed E-state index contributed by atoms with van der Waals surface area (Å²) in [5.41, 5.74) is 2.26. The maximum absolute atomic E-state index is 12.9. The summed E-state index contributed by atoms with van der Waals surface area (Å²) in [5.74, 6) is 0.523. The van der Waals surface area contributed by atoms with E-state index in [0.29, 0.717) is 39.1 Å². The summed E-state index contributed by atoms with van der Waals surface area (Å²) in [5, 5.41) is 11.7. The Morgan fingerprint density at radius 3 is 2.34 bits per heavy atom. The van der Waals surface area contributed by atoms with Gasteiger partial charge in [0, 0.05) is 5.02 Å². The molecule has 180 valence electrons. The molecule has 0 spiro atoms. The van der Waals surface area contributed by atoms with Crippen LogP contribution in [0.2, 0.25) is 5.02 Å². The normalized spacial score (nSPS) is 11.8. The van der Waals surface area contributed by atoms with E-state index in [-0.39, 0.29) is 16.6 Å². The SMILES string of the molecule is C=C(c1ccc(Cl)cc1)n1[nH]c(C)c(N=Nc2ccc(S(=O)(=O)Nc3nc(C)c(C)o3)cc2)c1=O. The number of azo groups is 1. The summed E-state index contributed by atoms with van der Waals surface area (Å²) >= 11 is 5.92. The molecule has 2 aromatic heterocycles. The third-order valence-electron chi connectivity index (χ3n) is 5.15. The minimum atomic E-state index is -3.90. The van der Waals surface area contributed by atoms with Crippen LogP contribution in [0.3, 0.4) is 0 Å². The van der Waals surface area contributed by atoms with E-state index >= 15 is 0 Å². The van der Waals surface area contributed by atoms with Crippen molar-refractivity contribution in [3.63, 3.8) is 0 Å². The van der Waals surface area contributed by atoms with E-state index in [2.05, 4.69) is 31.6 Å². The van der Waals surface area contributed by atoms with Crippen LogP contribution in [0.4, 0.5) is 17.4 Å². The van der Waals surface area contributed by atoms with Gasteiger partial charge in [-0.25, -0.2) is 17.8 Å². The molecule has 2 aromatic carbocycles. The lowest BCUT2D eigenvalue weighted by molar-refractivity contribution is 0.541. The highest BCUT2D eigenvalue weighted by Gasteiger charge is 2.18. The van der Waals surface area contributed by atoms with Crippen LogP contribution < -0.4 is 10.3 Å². The number of anilines is 1. The first kappa shape index (κ1) is 24.2. The molecule has 35 heavy (non-hydrogen) atoms. The molecule has 0 amide bonds. The molecule has 0 radical (unpaired) electrons. The Labute approximate surface area is 206 Å². The fourth-order valence-electron chi connectivity index (χ4n) is 3.11. The smallest absolute Gasteiger partial charge is 0.309 e. The number of aryl methyl sites for hydroxylation is 3. The Hall–Kier alpha value is -3.96. The highest BCUT2D eigenvalue weighted by Crippen LogP contribution is 2.23. The Balaban J connectivity index is 1.53. The first-order valence-electron chi connectivity index (χ1n) is 10.3. The van der Waals surface area contributed by atoms with Crippen molar-refractivity contribution < 1.29 is 12.8 Å². The van der Waals surface area contributed by atoms with Crippen LogP contribution in [0.1, 0.15) is 22.7 Å². The largest absolute Gasteiger partial charge is 0.428 e. The van der Waals surface area contributed by atoms with Crippen LogP contribution in [-0.2, 0) is 10.0 Å². The standard InChI is InChI=1S/C23H21ClN6O4S/c1-13-16(4)34-23(25-13)29-35(32,33)20-11-9-19(10-12-20)26-27-21-14(2)28-30(22(21)31)15(3)17-5-7-18(24)8-6-17/h5-12,28H,3H2,1-2,4H3,(H,25,29). The predicted octanol–water partition coefficient (Wildman–Crippen LogP) is 5.48. The highest BCUT2D eigenvalue weighted by molar-refractivity contribution is 7.92. The first-order chi connectivity index (χ1) is 16.5. The minimum Gasteiger partial charge on any atom is -0.428 e. The average molecular weight is 513 g/mol. The van der Waals surface area contributed by atoms with Crippen molar-refractivity contribution in [3.8, 4) is 0 Å². The van der Waals surface area contributed by atoms with Gasteiger partial charge in [0.25, 0.3) is 15.6 Å². The van der Waals surface area contributed by atoms with Gasteiger partial charge in [0.05, 0.1) is 27.7 Å². The van der Waals surface area contributed by atoms with Gasteiger partial charge in [0.2, 0.25) is 0 Å². The molecule has 2 N–H and O–H groups in total. The topological polar surface area (TPSA) is 135 Å². The summed E-state index contributed by atoms with van der Waals surface area (Å²) in [4.78, 5) is 16.9. The molecular weight excluding hydrogens is 492 g/mol. The lowest BCUT2D eigenvalue weighted by atomic mass is 10.2. The molecule has 4 rings (SSSR count). The molecule has 4 aromatic rings. The molecule has 0 aliphatic rings. The molecule has 0 bridgehead atoms. The third-order valence-corrected chi connectivity index (χ3v) is 6.74. The summed E-state index contributed by atoms with van der Waals surface area (Å²) < 4.78 is 34.0. The molecule has 0 saturated carbocycles. The Bertz CT molecular complexity index is 1580. The van der Waals surface area contributed by atoms with Gasteiger partial charge in [-0.15, -0.1) is 5.11 Å². The molecule has 0 saturated heterocycles. The Morgan fingerprint density at radius 2 is 1.74 bits per heavy atom. The summed E-state index contributed by atoms with van der Waals surface area (Å²) in [7, 11) is -3.90. The second kappa shape index (κ2) is 9.35. The molecule has 0 fully saturated rings. The highest BCUT2D eigenvalue weighted by atomic mass is 35.5. The van der Waals surface area contributed by atoms with Gasteiger partial charge in [-0.05, 0) is 62.7 Å². The van der Waals surface area contributed by atoms with Crippen molar-refractivity contribution >= 4 is 44.7 Å². The number of aromatic nitrogens is 3. The number of hydrogen-bond donors (Lipinski definition) is 2. The Morgan fingerprint density at radius 1 is 1.09 bits per heavy atom. The fourth-order valence-corrected chi connectivity index (χ4v) is 4.16. The van der Waals surface area contributed by atoms with Crippen molar-refractivity contribution in [2.24, 2.45) is 10.2 Å². The number of nitrogens with zero attached hydrogens (tertiary/aromatic N) is 4. The second-order valence-corrected chi connectivity index (χ2v) is 9.76. The molecule has 2 heterocycles. The van der Waals surface area contributed by atoms with E-state index in [1.165, 1.54) is 28.9 Å². The zero-order valence-electron chi connectivity index (χ0n) is 19.0. The van der Waals surface area contributed by atoms with E-state index < -0.39 is 15.6 Å². The van der Waals surface area contributed by atoms with Crippen molar-refractivity contribution in [1.82, 2.24) is 14.8 Å². The maximum atomic E-state index is 12.9. The van der Waals surface area contributed by atoms with Gasteiger partial charge in [-0.2, -0.15) is 10.1 Å². The van der Waals surface area contributed by atoms with Crippen molar-refractivity contribution in [1.29, 1.82) is 0 Å². The summed E-state index contributed by atoms with van der Waals surface area (Å²) in [6, 6.07) is 12.5. The number of aromatic amines is 1. The molecule has 0 aliphatic carbocycles. The van der Waals surface area contributed by atoms with E-state index in [1.807, 2.05) is 0 Å². The number of H-pyrrole nitrogens is 1. The summed E-state index contributed by atoms with van der Waals surface area (Å²) in [6.07, 6.45) is 0. The fraction of sp³-hybridized carbons (Fsp3) is 0.130. The van der Waals surface area contributed by atoms with Gasteiger partial charge in [-0.3, -0.25) is 9.89 Å². The average Bonchev–Trinajstić information content (AvgIpc) is 3.28. The van der Waals surface area contributed by atoms with Crippen LogP contribution in [-0.4, -0.2) is 23.2 Å². The van der Waals surface area contributed by atoms with Crippen LogP contribution in [0.15, 0.2) is 79.4 Å². The first-order valence-corrected chi connectivity index (χ1v) is 12.2. The number of benzene rings is 2. The second-order valence-electron chi connectivity index (χ2n) is 7.64. The molecule has 0 unspecified atom stereocenters. The quantitative estimate of drug-likeness (QED) is 0.316. The lowest BCUT2D eigenvalue weighted by Crippen LogP contribution is -2.15. The van der Waals surface area contributed by atoms with Gasteiger partial charge in [0.1, 0.15) is 5.76 Å². The summed E-state index contributed by atoms with van der Waals surface area (Å²) in [6.45, 7) is 9.06. The molecule has 10 nitrogen and oxygen atoms in total. The van der Waals surface area contributed by atoms with Gasteiger partial charge < -0.3 is 4.42 Å². The molecular formula is C23H21ClN6O4S. The number of hydrogen-bond acceptors (Lipinski definition) is 7. The van der Waals surface area contributed by atoms with E-state index in [9.17, 15) is 13.2 Å². The van der Waals surface area contributed by atoms with Gasteiger partial charge in [-0.1, -0.05) is 30.3 Å². The Kier molecular flexibility index (Phi) is 6.46. The van der Waals surface area contributed by atoms with Crippen molar-refractivity contribution in [2.75, 3.05) is 4.72 Å². The van der Waals surface area contributed by atoms with Crippen LogP contribution in [0.5, 0.6) is 0 Å². The van der Waals surface area contributed by atoms with Crippen molar-refractivity contribution in [3.05, 3.63) is 93.2 Å². The monoisotopic (exact) mass is 512 g/mol. The van der Waals surface area contributed by atoms with Crippen LogP contribution in [0, 0.1) is 20.8 Å².